The molecule has 21 heavy (non-hydrogen) atoms. The van der Waals surface area contributed by atoms with Gasteiger partial charge in [0.1, 0.15) is 29.7 Å². The van der Waals surface area contributed by atoms with Crippen molar-refractivity contribution in [3.63, 3.8) is 0 Å². The molecule has 8 heteroatoms. The fourth-order valence-electron chi connectivity index (χ4n) is 1.52. The number of sulfonamides is 1. The van der Waals surface area contributed by atoms with Crippen molar-refractivity contribution in [2.45, 2.75) is 0 Å². The van der Waals surface area contributed by atoms with Crippen LogP contribution in [-0.2, 0) is 10.0 Å². The first-order valence-corrected chi connectivity index (χ1v) is 7.70. The summed E-state index contributed by atoms with van der Waals surface area (Å²) in [6, 6.07) is 9.05. The van der Waals surface area contributed by atoms with Crippen LogP contribution in [0.25, 0.3) is 0 Å². The quantitative estimate of drug-likeness (QED) is 0.791. The summed E-state index contributed by atoms with van der Waals surface area (Å²) in [6.07, 6.45) is 0.932. The third kappa shape index (κ3) is 4.92. The summed E-state index contributed by atoms with van der Waals surface area (Å²) in [5.41, 5.74) is 6.11. The number of nitrogens with one attached hydrogen (secondary N) is 1. The lowest BCUT2D eigenvalue weighted by atomic mass is 10.3. The lowest BCUT2D eigenvalue weighted by Crippen LogP contribution is -2.21. The summed E-state index contributed by atoms with van der Waals surface area (Å²) in [6.45, 7) is -0.0417. The fraction of sp³-hybridized carbons (Fsp3) is 0.154. The van der Waals surface area contributed by atoms with Gasteiger partial charge in [0.05, 0.1) is 6.20 Å². The molecule has 0 amide bonds. The van der Waals surface area contributed by atoms with E-state index in [9.17, 15) is 12.8 Å². The van der Waals surface area contributed by atoms with Crippen molar-refractivity contribution in [3.8, 4) is 5.75 Å². The molecule has 112 valence electrons. The Hall–Kier alpha value is -2.35. The molecule has 0 spiro atoms. The zero-order valence-electron chi connectivity index (χ0n) is 11.0. The van der Waals surface area contributed by atoms with E-state index in [2.05, 4.69) is 9.71 Å². The number of aromatic nitrogens is 1. The van der Waals surface area contributed by atoms with Gasteiger partial charge in [-0.05, 0) is 24.3 Å². The number of hydrogen-bond acceptors (Lipinski definition) is 5. The van der Waals surface area contributed by atoms with Crippen molar-refractivity contribution < 1.29 is 17.5 Å². The predicted molar refractivity (Wildman–Crippen MR) is 78.0 cm³/mol. The third-order valence-corrected chi connectivity index (χ3v) is 3.69. The topological polar surface area (TPSA) is 94.3 Å². The number of nitrogen functional groups attached to an aromatic ring is 1. The highest BCUT2D eigenvalue weighted by molar-refractivity contribution is 7.92. The first-order chi connectivity index (χ1) is 9.94. The molecule has 0 radical (unpaired) electrons. The van der Waals surface area contributed by atoms with Gasteiger partial charge in [-0.2, -0.15) is 0 Å². The van der Waals surface area contributed by atoms with Gasteiger partial charge in [0, 0.05) is 11.8 Å². The zero-order valence-corrected chi connectivity index (χ0v) is 11.8. The van der Waals surface area contributed by atoms with Crippen LogP contribution in [0.5, 0.6) is 5.75 Å². The normalized spacial score (nSPS) is 11.1. The van der Waals surface area contributed by atoms with Crippen LogP contribution in [0.2, 0.25) is 0 Å². The van der Waals surface area contributed by atoms with Crippen molar-refractivity contribution in [2.75, 3.05) is 22.8 Å². The maximum Gasteiger partial charge on any atom is 0.237 e. The van der Waals surface area contributed by atoms with E-state index >= 15 is 0 Å². The van der Waals surface area contributed by atoms with Gasteiger partial charge in [-0.3, -0.25) is 4.72 Å². The van der Waals surface area contributed by atoms with Crippen LogP contribution in [-0.4, -0.2) is 25.8 Å². The largest absolute Gasteiger partial charge is 0.492 e. The average Bonchev–Trinajstić information content (AvgIpc) is 2.41. The monoisotopic (exact) mass is 311 g/mol. The minimum atomic E-state index is -3.62. The van der Waals surface area contributed by atoms with Crippen molar-refractivity contribution >= 4 is 21.5 Å². The van der Waals surface area contributed by atoms with E-state index in [0.717, 1.165) is 12.3 Å². The molecule has 0 saturated heterocycles. The van der Waals surface area contributed by atoms with E-state index in [-0.39, 0.29) is 18.2 Å². The maximum atomic E-state index is 12.7. The van der Waals surface area contributed by atoms with Gasteiger partial charge in [-0.1, -0.05) is 6.07 Å². The van der Waals surface area contributed by atoms with Crippen LogP contribution in [0.3, 0.4) is 0 Å². The molecule has 0 aliphatic carbocycles. The molecule has 0 fully saturated rings. The van der Waals surface area contributed by atoms with Crippen LogP contribution in [0.1, 0.15) is 0 Å². The van der Waals surface area contributed by atoms with Crippen molar-refractivity contribution in [3.05, 3.63) is 48.4 Å². The molecule has 2 aromatic rings. The van der Waals surface area contributed by atoms with Gasteiger partial charge in [0.15, 0.2) is 0 Å². The minimum absolute atomic E-state index is 0.0417. The first-order valence-electron chi connectivity index (χ1n) is 6.05. The molecule has 0 aliphatic rings. The Labute approximate surface area is 121 Å². The second-order valence-electron chi connectivity index (χ2n) is 4.20. The Morgan fingerprint density at radius 1 is 1.29 bits per heavy atom. The van der Waals surface area contributed by atoms with Gasteiger partial charge < -0.3 is 10.5 Å². The van der Waals surface area contributed by atoms with Gasteiger partial charge in [-0.25, -0.2) is 17.8 Å². The van der Waals surface area contributed by atoms with E-state index in [1.165, 1.54) is 6.07 Å². The van der Waals surface area contributed by atoms with E-state index in [4.69, 9.17) is 10.5 Å². The molecule has 1 heterocycles. The number of anilines is 2. The molecule has 0 unspecified atom stereocenters. The number of benzene rings is 1. The summed E-state index contributed by atoms with van der Waals surface area (Å²) in [5.74, 6) is -0.255. The molecule has 1 aromatic carbocycles. The molecular formula is C13H14FN3O3S. The van der Waals surface area contributed by atoms with Crippen LogP contribution < -0.4 is 15.2 Å². The second kappa shape index (κ2) is 6.40. The Morgan fingerprint density at radius 3 is 2.76 bits per heavy atom. The maximum absolute atomic E-state index is 12.7. The number of nitrogens with zero attached hydrogens (tertiary/aromatic N) is 1. The molecule has 2 rings (SSSR count). The van der Waals surface area contributed by atoms with Crippen molar-refractivity contribution in [1.82, 2.24) is 4.98 Å². The number of rotatable bonds is 6. The van der Waals surface area contributed by atoms with E-state index in [1.807, 2.05) is 0 Å². The summed E-state index contributed by atoms with van der Waals surface area (Å²) in [5, 5.41) is 0. The average molecular weight is 311 g/mol. The van der Waals surface area contributed by atoms with Crippen LogP contribution in [0.4, 0.5) is 15.9 Å². The van der Waals surface area contributed by atoms with E-state index in [1.54, 1.807) is 24.3 Å². The Bertz CT molecular complexity index is 705. The zero-order chi connectivity index (χ0) is 15.3. The van der Waals surface area contributed by atoms with Gasteiger partial charge >= 0.3 is 0 Å². The van der Waals surface area contributed by atoms with Gasteiger partial charge in [0.2, 0.25) is 10.0 Å². The number of halogens is 1. The van der Waals surface area contributed by atoms with Gasteiger partial charge in [-0.15, -0.1) is 0 Å². The molecule has 0 saturated carbocycles. The van der Waals surface area contributed by atoms with Crippen molar-refractivity contribution in [1.29, 1.82) is 0 Å². The van der Waals surface area contributed by atoms with Crippen LogP contribution >= 0.6 is 0 Å². The summed E-state index contributed by atoms with van der Waals surface area (Å²) < 4.78 is 43.8. The fourth-order valence-corrected chi connectivity index (χ4v) is 2.36. The van der Waals surface area contributed by atoms with Crippen LogP contribution in [0.15, 0.2) is 42.6 Å². The summed E-state index contributed by atoms with van der Waals surface area (Å²) >= 11 is 0. The number of nitrogens with two attached hydrogens (primary N) is 1. The number of pyridine rings is 1. The molecule has 0 aliphatic heterocycles. The Balaban J connectivity index is 1.88. The van der Waals surface area contributed by atoms with Crippen LogP contribution in [0, 0.1) is 5.82 Å². The molecule has 0 bridgehead atoms. The molecular weight excluding hydrogens is 297 g/mol. The molecule has 6 nitrogen and oxygen atoms in total. The van der Waals surface area contributed by atoms with Crippen molar-refractivity contribution in [2.24, 2.45) is 0 Å². The highest BCUT2D eigenvalue weighted by Gasteiger charge is 2.11. The predicted octanol–water partition coefficient (Wildman–Crippen LogP) is 1.62. The molecule has 0 atom stereocenters. The first kappa shape index (κ1) is 15.0. The number of hydrogen-bond donors (Lipinski definition) is 2. The molecule has 1 aromatic heterocycles. The highest BCUT2D eigenvalue weighted by Crippen LogP contribution is 2.14. The summed E-state index contributed by atoms with van der Waals surface area (Å²) in [7, 11) is -3.62. The highest BCUT2D eigenvalue weighted by atomic mass is 32.2. The third-order valence-electron chi connectivity index (χ3n) is 2.47. The van der Waals surface area contributed by atoms with Gasteiger partial charge in [0.25, 0.3) is 0 Å². The standard InChI is InChI=1S/C13H14FN3O3S/c14-10-4-5-13(16-9-10)17-21(18,19)7-6-20-12-3-1-2-11(15)8-12/h1-5,8-9H,6-7,15H2,(H,16,17). The van der Waals surface area contributed by atoms with E-state index in [0.29, 0.717) is 11.4 Å². The smallest absolute Gasteiger partial charge is 0.237 e. The summed E-state index contributed by atoms with van der Waals surface area (Å²) in [4.78, 5) is 3.62. The molecule has 3 N–H and O–H groups in total. The minimum Gasteiger partial charge on any atom is -0.492 e. The number of ether oxygens (including phenoxy) is 1. The SMILES string of the molecule is Nc1cccc(OCCS(=O)(=O)Nc2ccc(F)cn2)c1. The lowest BCUT2D eigenvalue weighted by Gasteiger charge is -2.09. The Kier molecular flexibility index (Phi) is 4.59. The second-order valence-corrected chi connectivity index (χ2v) is 6.05. The van der Waals surface area contributed by atoms with E-state index < -0.39 is 15.8 Å². The lowest BCUT2D eigenvalue weighted by molar-refractivity contribution is 0.341. The Morgan fingerprint density at radius 2 is 2.10 bits per heavy atom.